The van der Waals surface area contributed by atoms with Crippen molar-refractivity contribution >= 4 is 27.6 Å². The van der Waals surface area contributed by atoms with Gasteiger partial charge in [-0.25, -0.2) is 4.98 Å². The first-order valence-corrected chi connectivity index (χ1v) is 11.8. The topological polar surface area (TPSA) is 39.2 Å². The molecule has 0 spiro atoms. The Morgan fingerprint density at radius 3 is 2.31 bits per heavy atom. The Labute approximate surface area is 189 Å². The Kier molecular flexibility index (Phi) is 5.42. The van der Waals surface area contributed by atoms with Crippen LogP contribution >= 0.6 is 0 Å². The fourth-order valence-electron chi connectivity index (χ4n) is 5.35. The second-order valence-corrected chi connectivity index (χ2v) is 8.81. The van der Waals surface area contributed by atoms with Gasteiger partial charge in [0.05, 0.1) is 17.8 Å². The number of esters is 1. The first-order valence-electron chi connectivity index (χ1n) is 11.8. The van der Waals surface area contributed by atoms with Gasteiger partial charge in [0, 0.05) is 22.8 Å². The van der Waals surface area contributed by atoms with Crippen LogP contribution in [0.15, 0.2) is 66.7 Å². The van der Waals surface area contributed by atoms with Crippen LogP contribution in [-0.2, 0) is 14.9 Å². The molecule has 3 aromatic carbocycles. The summed E-state index contributed by atoms with van der Waals surface area (Å²) in [5, 5.41) is 3.62. The molecule has 4 aromatic rings. The Hall–Kier alpha value is -3.20. The van der Waals surface area contributed by atoms with E-state index < -0.39 is 0 Å². The van der Waals surface area contributed by atoms with Crippen LogP contribution in [0.2, 0.25) is 0 Å². The third kappa shape index (κ3) is 3.37. The molecule has 1 atom stereocenters. The molecule has 1 heterocycles. The fraction of sp³-hybridized carbons (Fsp3) is 0.310. The van der Waals surface area contributed by atoms with Gasteiger partial charge in [0.1, 0.15) is 0 Å². The summed E-state index contributed by atoms with van der Waals surface area (Å²) in [5.74, 6) is -0.118. The van der Waals surface area contributed by atoms with E-state index in [2.05, 4.69) is 67.6 Å². The van der Waals surface area contributed by atoms with Crippen LogP contribution in [-0.4, -0.2) is 17.6 Å². The average molecular weight is 424 g/mol. The van der Waals surface area contributed by atoms with E-state index in [1.807, 2.05) is 13.0 Å². The molecule has 1 aliphatic carbocycles. The number of hydrogen-bond donors (Lipinski definition) is 0. The third-order valence-electron chi connectivity index (χ3n) is 6.91. The van der Waals surface area contributed by atoms with E-state index in [1.165, 1.54) is 27.5 Å². The van der Waals surface area contributed by atoms with Crippen LogP contribution in [0.4, 0.5) is 0 Å². The number of pyridine rings is 1. The van der Waals surface area contributed by atoms with Crippen molar-refractivity contribution in [2.45, 2.75) is 51.4 Å². The number of benzene rings is 3. The van der Waals surface area contributed by atoms with Gasteiger partial charge in [0.15, 0.2) is 0 Å². The molecule has 0 saturated carbocycles. The molecule has 0 fully saturated rings. The van der Waals surface area contributed by atoms with Gasteiger partial charge in [-0.2, -0.15) is 0 Å². The van der Waals surface area contributed by atoms with Gasteiger partial charge in [0.2, 0.25) is 0 Å². The number of nitrogens with zero attached hydrogens (tertiary/aromatic N) is 1. The number of rotatable bonds is 7. The van der Waals surface area contributed by atoms with E-state index in [4.69, 9.17) is 9.72 Å². The summed E-state index contributed by atoms with van der Waals surface area (Å²) >= 11 is 0. The van der Waals surface area contributed by atoms with Crippen molar-refractivity contribution in [1.82, 2.24) is 4.98 Å². The highest BCUT2D eigenvalue weighted by Crippen LogP contribution is 2.54. The lowest BCUT2D eigenvalue weighted by Gasteiger charge is -2.32. The molecular formula is C29H29NO2. The van der Waals surface area contributed by atoms with E-state index in [0.29, 0.717) is 13.0 Å². The average Bonchev–Trinajstić information content (AvgIpc) is 3.07. The summed E-state index contributed by atoms with van der Waals surface area (Å²) in [5.41, 5.74) is 5.65. The van der Waals surface area contributed by atoms with Crippen molar-refractivity contribution in [3.05, 3.63) is 77.9 Å². The highest BCUT2D eigenvalue weighted by Gasteiger charge is 2.44. The Bertz CT molecular complexity index is 1220. The zero-order chi connectivity index (χ0) is 22.1. The summed E-state index contributed by atoms with van der Waals surface area (Å²) < 4.78 is 5.31. The molecule has 1 aromatic heterocycles. The number of ether oxygens (including phenoxy) is 1. The molecule has 0 N–H and O–H groups in total. The third-order valence-corrected chi connectivity index (χ3v) is 6.91. The zero-order valence-corrected chi connectivity index (χ0v) is 18.9. The maximum absolute atomic E-state index is 12.4. The highest BCUT2D eigenvalue weighted by atomic mass is 16.5. The van der Waals surface area contributed by atoms with Gasteiger partial charge in [0.25, 0.3) is 0 Å². The minimum atomic E-state index is -0.228. The van der Waals surface area contributed by atoms with Crippen molar-refractivity contribution in [3.8, 4) is 11.3 Å². The Balaban J connectivity index is 1.77. The van der Waals surface area contributed by atoms with Crippen LogP contribution in [0, 0.1) is 0 Å². The van der Waals surface area contributed by atoms with Crippen molar-refractivity contribution in [2.24, 2.45) is 0 Å². The number of aromatic nitrogens is 1. The maximum Gasteiger partial charge on any atom is 0.305 e. The highest BCUT2D eigenvalue weighted by molar-refractivity contribution is 5.95. The number of unbranched alkanes of at least 4 members (excludes halogenated alkanes) is 1. The summed E-state index contributed by atoms with van der Waals surface area (Å²) in [6.45, 7) is 4.52. The van der Waals surface area contributed by atoms with E-state index in [1.54, 1.807) is 0 Å². The molecule has 0 amide bonds. The first-order chi connectivity index (χ1) is 15.7. The van der Waals surface area contributed by atoms with Gasteiger partial charge in [-0.15, -0.1) is 0 Å². The minimum Gasteiger partial charge on any atom is -0.466 e. The first kappa shape index (κ1) is 20.7. The van der Waals surface area contributed by atoms with Gasteiger partial charge in [-0.05, 0) is 65.9 Å². The van der Waals surface area contributed by atoms with Crippen LogP contribution in [0.25, 0.3) is 32.9 Å². The molecular weight excluding hydrogens is 394 g/mol. The number of carbonyl (C=O) groups is 1. The Morgan fingerprint density at radius 1 is 0.875 bits per heavy atom. The van der Waals surface area contributed by atoms with Crippen molar-refractivity contribution in [1.29, 1.82) is 0 Å². The molecule has 162 valence electrons. The van der Waals surface area contributed by atoms with Crippen molar-refractivity contribution in [2.75, 3.05) is 6.61 Å². The van der Waals surface area contributed by atoms with Crippen LogP contribution in [0.3, 0.4) is 0 Å². The Morgan fingerprint density at radius 2 is 1.56 bits per heavy atom. The van der Waals surface area contributed by atoms with E-state index in [9.17, 15) is 4.79 Å². The predicted octanol–water partition coefficient (Wildman–Crippen LogP) is 7.19. The molecule has 0 radical (unpaired) electrons. The quantitative estimate of drug-likeness (QED) is 0.295. The second-order valence-electron chi connectivity index (χ2n) is 8.81. The predicted molar refractivity (Wildman–Crippen MR) is 131 cm³/mol. The molecule has 32 heavy (non-hydrogen) atoms. The molecule has 1 unspecified atom stereocenters. The van der Waals surface area contributed by atoms with Crippen LogP contribution in [0.5, 0.6) is 0 Å². The SMILES string of the molecule is CCCCC1(CCC(=O)OCC)c2cc3ccccc3cc2-c2nc3ccccc3cc21. The van der Waals surface area contributed by atoms with Crippen molar-refractivity contribution in [3.63, 3.8) is 0 Å². The number of hydrogen-bond acceptors (Lipinski definition) is 3. The van der Waals surface area contributed by atoms with Gasteiger partial charge < -0.3 is 4.74 Å². The number of fused-ring (bicyclic) bond motifs is 5. The monoisotopic (exact) mass is 423 g/mol. The molecule has 0 aliphatic heterocycles. The zero-order valence-electron chi connectivity index (χ0n) is 18.9. The smallest absolute Gasteiger partial charge is 0.305 e. The summed E-state index contributed by atoms with van der Waals surface area (Å²) in [4.78, 5) is 17.6. The lowest BCUT2D eigenvalue weighted by atomic mass is 9.71. The molecule has 3 heteroatoms. The maximum atomic E-state index is 12.4. The summed E-state index contributed by atoms with van der Waals surface area (Å²) in [7, 11) is 0. The summed E-state index contributed by atoms with van der Waals surface area (Å²) in [6.07, 6.45) is 4.36. The van der Waals surface area contributed by atoms with E-state index in [0.717, 1.165) is 42.3 Å². The molecule has 0 saturated heterocycles. The van der Waals surface area contributed by atoms with Crippen LogP contribution < -0.4 is 0 Å². The lowest BCUT2D eigenvalue weighted by Crippen LogP contribution is -2.27. The molecule has 1 aliphatic rings. The largest absolute Gasteiger partial charge is 0.466 e. The van der Waals surface area contributed by atoms with E-state index >= 15 is 0 Å². The normalized spacial score (nSPS) is 16.8. The van der Waals surface area contributed by atoms with Gasteiger partial charge >= 0.3 is 5.97 Å². The lowest BCUT2D eigenvalue weighted by molar-refractivity contribution is -0.143. The fourth-order valence-corrected chi connectivity index (χ4v) is 5.35. The van der Waals surface area contributed by atoms with Crippen LogP contribution in [0.1, 0.15) is 57.1 Å². The van der Waals surface area contributed by atoms with Gasteiger partial charge in [-0.1, -0.05) is 62.2 Å². The van der Waals surface area contributed by atoms with E-state index in [-0.39, 0.29) is 11.4 Å². The number of carbonyl (C=O) groups excluding carboxylic acids is 1. The molecule has 3 nitrogen and oxygen atoms in total. The second kappa shape index (κ2) is 8.38. The van der Waals surface area contributed by atoms with Gasteiger partial charge in [-0.3, -0.25) is 4.79 Å². The molecule has 5 rings (SSSR count). The van der Waals surface area contributed by atoms with Crippen molar-refractivity contribution < 1.29 is 9.53 Å². The number of para-hydroxylation sites is 1. The standard InChI is InChI=1S/C29H29NO2/c1-3-5-15-29(16-14-27(31)32-4-2)24-18-21-11-7-6-10-20(21)17-23(24)28-25(29)19-22-12-8-9-13-26(22)30-28/h6-13,17-19H,3-5,14-16H2,1-2H3. The minimum absolute atomic E-state index is 0.118. The molecule has 0 bridgehead atoms. The summed E-state index contributed by atoms with van der Waals surface area (Å²) in [6, 6.07) is 23.8.